The zero-order valence-corrected chi connectivity index (χ0v) is 53.2. The van der Waals surface area contributed by atoms with Crippen LogP contribution in [-0.4, -0.2) is 24.1 Å². The molecule has 8 heteroatoms. The Balaban J connectivity index is 1.08. The molecule has 0 spiro atoms. The summed E-state index contributed by atoms with van der Waals surface area (Å²) in [5, 5.41) is 25.6. The normalized spacial score (nSPS) is 12.2. The predicted molar refractivity (Wildman–Crippen MR) is 372 cm³/mol. The molecule has 0 saturated carbocycles. The second-order valence-electron chi connectivity index (χ2n) is 27.9. The van der Waals surface area contributed by atoms with Crippen LogP contribution in [0.1, 0.15) is 116 Å². The van der Waals surface area contributed by atoms with E-state index in [0.717, 1.165) is 83.5 Å². The highest BCUT2D eigenvalue weighted by atomic mass is 15.0. The summed E-state index contributed by atoms with van der Waals surface area (Å²) in [6, 6.07) is 76.4. The summed E-state index contributed by atoms with van der Waals surface area (Å²) in [6.07, 6.45) is 0. The molecule has 90 heavy (non-hydrogen) atoms. The third-order valence-corrected chi connectivity index (χ3v) is 17.7. The molecule has 0 atom stereocenters. The highest BCUT2D eigenvalue weighted by Crippen LogP contribution is 2.45. The van der Waals surface area contributed by atoms with Gasteiger partial charge < -0.3 is 9.13 Å². The zero-order valence-electron chi connectivity index (χ0n) is 53.2. The maximum atomic E-state index is 10.5. The van der Waals surface area contributed by atoms with Crippen LogP contribution in [0.5, 0.6) is 0 Å². The van der Waals surface area contributed by atoms with Crippen molar-refractivity contribution in [1.29, 1.82) is 10.5 Å². The van der Waals surface area contributed by atoms with Crippen LogP contribution < -0.4 is 0 Å². The molecule has 0 N–H and O–H groups in total. The fraction of sp³-hybridized carbons (Fsp3) is 0.195. The molecule has 0 radical (unpaired) electrons. The first kappa shape index (κ1) is 58.3. The van der Waals surface area contributed by atoms with E-state index in [4.69, 9.17) is 21.5 Å². The fourth-order valence-electron chi connectivity index (χ4n) is 12.6. The van der Waals surface area contributed by atoms with Crippen LogP contribution in [0.3, 0.4) is 0 Å². The minimum atomic E-state index is -0.0797. The van der Waals surface area contributed by atoms with Gasteiger partial charge in [0.25, 0.3) is 0 Å². The molecule has 438 valence electrons. The van der Waals surface area contributed by atoms with Crippen LogP contribution in [0.2, 0.25) is 0 Å². The highest BCUT2D eigenvalue weighted by Gasteiger charge is 2.27. The first-order valence-corrected chi connectivity index (χ1v) is 30.8. The summed E-state index contributed by atoms with van der Waals surface area (Å²) in [4.78, 5) is 20.3. The Hall–Kier alpha value is -10.7. The van der Waals surface area contributed by atoms with E-state index in [1.807, 2.05) is 84.9 Å². The standard InChI is InChI=1S/C82H70N8/c1-79(2,3)56-30-36-72-66(44-56)67-45-57(80(4,5)6)31-37-73(67)89(72)70-34-28-53(42-64(70)51-22-18-20-50(40-51)48-83)76-86-77(88-78(87-76)63-27-17-16-26-62(63)61-25-15-14-21-55(61)49-84)54-29-35-71(65(43-54)52-23-19-24-60(41-52)85-13)90-74-38-32-58(81(7,8)9)46-68(74)69-47-59(82(10,11)12)33-39-75(69)90/h14-47H,1-12H3. The van der Waals surface area contributed by atoms with Gasteiger partial charge in [-0.2, -0.15) is 10.5 Å². The SMILES string of the molecule is [C-]#[N+]c1cccc(-c2cc(-c3nc(-c4ccc(-n5c6ccc(C(C)(C)C)cc6c6cc(C(C)(C)C)ccc65)c(-c5cccc(C#N)c5)c4)nc(-c4ccccc4-c4ccccc4C#N)n3)ccc2-n2c3ccc(C(C)(C)C)cc3c3cc(C(C)(C)C)ccc32)c1. The van der Waals surface area contributed by atoms with Gasteiger partial charge in [-0.1, -0.05) is 180 Å². The van der Waals surface area contributed by atoms with E-state index in [1.165, 1.54) is 43.8 Å². The molecule has 13 aromatic rings. The van der Waals surface area contributed by atoms with Gasteiger partial charge in [-0.15, -0.1) is 0 Å². The van der Waals surface area contributed by atoms with Crippen molar-refractivity contribution < 1.29 is 0 Å². The second kappa shape index (κ2) is 21.8. The van der Waals surface area contributed by atoms with Gasteiger partial charge in [-0.25, -0.2) is 19.8 Å². The lowest BCUT2D eigenvalue weighted by Gasteiger charge is -2.20. The summed E-state index contributed by atoms with van der Waals surface area (Å²) in [6.45, 7) is 35.3. The number of aromatic nitrogens is 5. The first-order chi connectivity index (χ1) is 43.0. The molecular formula is C82H70N8. The van der Waals surface area contributed by atoms with Crippen molar-refractivity contribution in [1.82, 2.24) is 24.1 Å². The smallest absolute Gasteiger partial charge is 0.187 e. The van der Waals surface area contributed by atoms with Crippen molar-refractivity contribution >= 4 is 49.3 Å². The average Bonchev–Trinajstić information content (AvgIpc) is 1.57. The summed E-state index contributed by atoms with van der Waals surface area (Å²) in [5.74, 6) is 1.29. The molecule has 0 bridgehead atoms. The molecule has 13 rings (SSSR count). The number of nitriles is 2. The quantitative estimate of drug-likeness (QED) is 0.141. The summed E-state index contributed by atoms with van der Waals surface area (Å²) >= 11 is 0. The first-order valence-electron chi connectivity index (χ1n) is 30.8. The largest absolute Gasteiger partial charge is 0.309 e. The topological polar surface area (TPSA) is 100 Å². The molecule has 0 fully saturated rings. The Kier molecular flexibility index (Phi) is 14.2. The molecular weight excluding hydrogens is 1100 g/mol. The van der Waals surface area contributed by atoms with Gasteiger partial charge in [0.2, 0.25) is 0 Å². The Morgan fingerprint density at radius 2 is 0.744 bits per heavy atom. The molecule has 0 aliphatic rings. The van der Waals surface area contributed by atoms with Gasteiger partial charge >= 0.3 is 0 Å². The van der Waals surface area contributed by atoms with Crippen molar-refractivity contribution in [2.75, 3.05) is 0 Å². The molecule has 0 saturated heterocycles. The van der Waals surface area contributed by atoms with Gasteiger partial charge in [0, 0.05) is 54.9 Å². The van der Waals surface area contributed by atoms with Crippen molar-refractivity contribution in [3.63, 3.8) is 0 Å². The number of hydrogen-bond acceptors (Lipinski definition) is 5. The number of nitrogens with zero attached hydrogens (tertiary/aromatic N) is 8. The van der Waals surface area contributed by atoms with E-state index in [0.29, 0.717) is 34.3 Å². The molecule has 0 aliphatic heterocycles. The minimum absolute atomic E-state index is 0.0783. The van der Waals surface area contributed by atoms with E-state index in [1.54, 1.807) is 0 Å². The van der Waals surface area contributed by atoms with E-state index >= 15 is 0 Å². The van der Waals surface area contributed by atoms with Gasteiger partial charge in [-0.3, -0.25) is 0 Å². The van der Waals surface area contributed by atoms with Crippen LogP contribution >= 0.6 is 0 Å². The Morgan fingerprint density at radius 1 is 0.344 bits per heavy atom. The lowest BCUT2D eigenvalue weighted by atomic mass is 9.85. The minimum Gasteiger partial charge on any atom is -0.309 e. The lowest BCUT2D eigenvalue weighted by Crippen LogP contribution is -2.10. The van der Waals surface area contributed by atoms with Crippen LogP contribution in [0.25, 0.3) is 127 Å². The van der Waals surface area contributed by atoms with Crippen molar-refractivity contribution in [2.24, 2.45) is 0 Å². The molecule has 0 amide bonds. The number of hydrogen-bond donors (Lipinski definition) is 0. The third kappa shape index (κ3) is 10.5. The number of benzene rings is 10. The monoisotopic (exact) mass is 1170 g/mol. The molecule has 3 heterocycles. The van der Waals surface area contributed by atoms with Crippen molar-refractivity contribution in [3.05, 3.63) is 251 Å². The van der Waals surface area contributed by atoms with Crippen LogP contribution in [0.15, 0.2) is 206 Å². The van der Waals surface area contributed by atoms with E-state index in [-0.39, 0.29) is 21.7 Å². The van der Waals surface area contributed by atoms with Crippen LogP contribution in [-0.2, 0) is 21.7 Å². The fourth-order valence-corrected chi connectivity index (χ4v) is 12.6. The van der Waals surface area contributed by atoms with E-state index in [2.05, 4.69) is 231 Å². The summed E-state index contributed by atoms with van der Waals surface area (Å²) < 4.78 is 4.74. The molecule has 3 aromatic heterocycles. The molecule has 0 aliphatic carbocycles. The highest BCUT2D eigenvalue weighted by molar-refractivity contribution is 6.12. The summed E-state index contributed by atoms with van der Waals surface area (Å²) in [7, 11) is 0. The van der Waals surface area contributed by atoms with Crippen LogP contribution in [0, 0.1) is 29.2 Å². The average molecular weight is 1170 g/mol. The van der Waals surface area contributed by atoms with Crippen molar-refractivity contribution in [2.45, 2.75) is 105 Å². The Labute approximate surface area is 527 Å². The second-order valence-corrected chi connectivity index (χ2v) is 27.9. The maximum absolute atomic E-state index is 10.5. The van der Waals surface area contributed by atoms with Gasteiger partial charge in [0.15, 0.2) is 23.2 Å². The van der Waals surface area contributed by atoms with Crippen LogP contribution in [0.4, 0.5) is 5.69 Å². The predicted octanol–water partition coefficient (Wildman–Crippen LogP) is 21.6. The van der Waals surface area contributed by atoms with E-state index < -0.39 is 0 Å². The third-order valence-electron chi connectivity index (χ3n) is 17.7. The summed E-state index contributed by atoms with van der Waals surface area (Å²) in [5.41, 5.74) is 19.7. The maximum Gasteiger partial charge on any atom is 0.187 e. The molecule has 10 aromatic carbocycles. The molecule has 8 nitrogen and oxygen atoms in total. The van der Waals surface area contributed by atoms with Gasteiger partial charge in [0.05, 0.1) is 63.3 Å². The number of rotatable bonds is 8. The Bertz CT molecular complexity index is 4800. The van der Waals surface area contributed by atoms with Crippen molar-refractivity contribution in [3.8, 4) is 91.1 Å². The van der Waals surface area contributed by atoms with E-state index in [9.17, 15) is 10.5 Å². The molecule has 0 unspecified atom stereocenters. The van der Waals surface area contributed by atoms with Gasteiger partial charge in [0.1, 0.15) is 0 Å². The zero-order chi connectivity index (χ0) is 63.2. The number of fused-ring (bicyclic) bond motifs is 6. The van der Waals surface area contributed by atoms with Gasteiger partial charge in [-0.05, 0) is 170 Å². The Morgan fingerprint density at radius 3 is 1.17 bits per heavy atom. The lowest BCUT2D eigenvalue weighted by molar-refractivity contribution is 0.590.